The van der Waals surface area contributed by atoms with Crippen molar-refractivity contribution in [2.75, 3.05) is 80.4 Å². The van der Waals surface area contributed by atoms with Crippen LogP contribution in [0.5, 0.6) is 0 Å². The van der Waals surface area contributed by atoms with E-state index in [1.165, 1.54) is 31.4 Å². The van der Waals surface area contributed by atoms with Crippen LogP contribution in [0.25, 0.3) is 28.0 Å². The third-order valence-corrected chi connectivity index (χ3v) is 30.2. The molecule has 3 unspecified atom stereocenters. The normalized spacial score (nSPS) is 14.5. The summed E-state index contributed by atoms with van der Waals surface area (Å²) in [4.78, 5) is 108. The van der Waals surface area contributed by atoms with Gasteiger partial charge in [-0.2, -0.15) is 15.3 Å². The summed E-state index contributed by atoms with van der Waals surface area (Å²) in [6.07, 6.45) is 14.6. The van der Waals surface area contributed by atoms with E-state index in [2.05, 4.69) is 60.4 Å². The molecule has 800 valence electrons. The highest BCUT2D eigenvalue weighted by Crippen LogP contribution is 2.37. The number of ether oxygens (including phenoxy) is 1. The number of unbranched alkanes of at least 4 members (excludes halogenated alkanes) is 6. The number of rotatable bonds is 40. The SMILES string of the molecule is CCCCN(CCCC)C(=O)c1cc(C)n(-c2ccc(NS(=O)c3cc(Cl)ccc3F)cc2C(=O)N2Cc3ccccc3C[C@H]2CO)n1.CCCCN(CCCC)C(=O)c1cc(C)n(-c2ccc(NS(=O)c3ccc(C(=O)OC)o3)cc2C(=O)N2Cc3ccccc3C[C@H]2CO)n1.CCCCN(CCCC)C(=O)c1cc(C)n(-c2ccc(NS(=O)c3cccc4ccn(C)c34)cc2C(=O)N2Cc3ccccc3C[C@H]2CO)n1.O.O.O. The fraction of sp³-hybridized carbons (Fsp3) is 0.369. The number of aryl methyl sites for hydroxylation is 4. The number of carbonyl (C=O) groups is 7. The number of benzene rings is 8. The van der Waals surface area contributed by atoms with Crippen molar-refractivity contribution in [2.45, 2.75) is 211 Å². The van der Waals surface area contributed by atoms with Crippen LogP contribution in [0.4, 0.5) is 21.5 Å². The van der Waals surface area contributed by atoms with Gasteiger partial charge in [0.25, 0.3) is 35.4 Å². The molecule has 5 aromatic heterocycles. The van der Waals surface area contributed by atoms with E-state index in [9.17, 15) is 65.9 Å². The number of nitrogens with zero attached hydrogens (tertiary/aromatic N) is 13. The van der Waals surface area contributed by atoms with Gasteiger partial charge in [-0.25, -0.2) is 35.9 Å². The number of aromatic nitrogens is 7. The number of hydrogen-bond donors (Lipinski definition) is 6. The Morgan fingerprint density at radius 2 is 0.767 bits per heavy atom. The van der Waals surface area contributed by atoms with Gasteiger partial charge in [0.05, 0.1) is 94.1 Å². The molecule has 34 nitrogen and oxygen atoms in total. The quantitative estimate of drug-likeness (QED) is 0.0194. The Balaban J connectivity index is 0.000000211. The number of halogens is 2. The minimum atomic E-state index is -2.04. The summed E-state index contributed by atoms with van der Waals surface area (Å²) in [7, 11) is -2.47. The number of para-hydroxylation sites is 1. The maximum atomic E-state index is 14.7. The largest absolute Gasteiger partial charge is 0.463 e. The molecule has 3 aliphatic rings. The van der Waals surface area contributed by atoms with Crippen LogP contribution in [0.1, 0.15) is 242 Å². The van der Waals surface area contributed by atoms with Crippen molar-refractivity contribution < 1.29 is 91.5 Å². The third kappa shape index (κ3) is 27.4. The molecule has 0 fully saturated rings. The Morgan fingerprint density at radius 3 is 1.11 bits per heavy atom. The molecule has 0 saturated carbocycles. The maximum absolute atomic E-state index is 14.7. The molecular weight excluding hydrogens is 2000 g/mol. The van der Waals surface area contributed by atoms with E-state index in [0.29, 0.717) is 132 Å². The highest BCUT2D eigenvalue weighted by molar-refractivity contribution is 7.87. The number of methoxy groups -OCH3 is 1. The van der Waals surface area contributed by atoms with Gasteiger partial charge in [0.2, 0.25) is 10.9 Å². The molecule has 6 atom stereocenters. The molecule has 0 spiro atoms. The van der Waals surface area contributed by atoms with Crippen LogP contribution < -0.4 is 14.2 Å². The lowest BCUT2D eigenvalue weighted by molar-refractivity contribution is 0.0539. The smallest absolute Gasteiger partial charge is 0.374 e. The Hall–Kier alpha value is -13.7. The first-order valence-corrected chi connectivity index (χ1v) is 54.1. The van der Waals surface area contributed by atoms with E-state index >= 15 is 0 Å². The van der Waals surface area contributed by atoms with Crippen LogP contribution in [-0.4, -0.2) is 233 Å². The molecule has 0 aliphatic carbocycles. The highest BCUT2D eigenvalue weighted by Gasteiger charge is 2.38. The molecule has 8 heterocycles. The van der Waals surface area contributed by atoms with Crippen LogP contribution in [0.3, 0.4) is 0 Å². The van der Waals surface area contributed by atoms with Crippen molar-refractivity contribution in [2.24, 2.45) is 7.05 Å². The summed E-state index contributed by atoms with van der Waals surface area (Å²) in [5, 5.41) is 46.5. The molecule has 0 radical (unpaired) electrons. The Labute approximate surface area is 886 Å². The maximum Gasteiger partial charge on any atom is 0.374 e. The average molecular weight is 2130 g/mol. The summed E-state index contributed by atoms with van der Waals surface area (Å²) in [6.45, 7) is 22.2. The summed E-state index contributed by atoms with van der Waals surface area (Å²) in [6, 6.07) is 56.7. The van der Waals surface area contributed by atoms with Gasteiger partial charge in [-0.3, -0.25) is 33.5 Å². The standard InChI is InChI=1S/C39H46N6O4S.C36H41ClFN5O4S.C36H43N5O7S.3H2O/c1-5-7-19-43(20-8-6-2)39(48)34-22-27(3)45(40-34)35-17-16-31(41-50(49)36-15-11-14-28-18-21-42(4)37(28)36)24-33(35)38(47)44-25-30-13-10-9-12-29(30)23-32(44)26-46;1-4-6-16-41(17-7-5-2)36(46)32-18-24(3)43(39-32)33-15-13-28(40-48(47)34-20-27(37)12-14-31(34)38)21-30(33)35(45)42-22-26-11-9-8-10-25(26)19-29(42)23-44;1-5-7-17-39(18-8-6-2)35(44)30-19-24(3)41(37-30)31-14-13-27(38-49(46)33-16-15-32(48-33)36(45)47-4)21-29(31)34(43)40-22-26-12-10-9-11-25(26)20-28(40)23-42;;;/h9-18,21-22,24,32,41,46H,5-8,19-20,23,25-26H2,1-4H3;8-15,18,20-21,29,40,44H,4-7,16-17,19,22-23H2,1-3H3;9-16,19,21,28,38,42H,5-8,17-18,20,22-23H2,1-4H3;3*1H2/t32-,50?;29-,48?;28-,49?;;;/m000.../s1. The molecular formula is C111H136ClFN16O18S3. The van der Waals surface area contributed by atoms with Gasteiger partial charge < -0.3 is 84.3 Å². The highest BCUT2D eigenvalue weighted by atomic mass is 35.5. The molecule has 0 saturated heterocycles. The topological polar surface area (TPSA) is 462 Å². The van der Waals surface area contributed by atoms with Crippen molar-refractivity contribution >= 4 is 114 Å². The lowest BCUT2D eigenvalue weighted by Gasteiger charge is -2.36. The molecule has 16 rings (SSSR count). The average Bonchev–Trinajstić information content (AvgIpc) is 0.955. The summed E-state index contributed by atoms with van der Waals surface area (Å²) in [5.74, 6) is -2.97. The third-order valence-electron chi connectivity index (χ3n) is 26.7. The fourth-order valence-electron chi connectivity index (χ4n) is 18.5. The number of furan rings is 1. The second kappa shape index (κ2) is 54.7. The first kappa shape index (κ1) is 117. The summed E-state index contributed by atoms with van der Waals surface area (Å²) in [5.41, 5.74) is 13.2. The van der Waals surface area contributed by atoms with Crippen LogP contribution >= 0.6 is 11.6 Å². The van der Waals surface area contributed by atoms with E-state index in [0.717, 1.165) is 127 Å². The van der Waals surface area contributed by atoms with Gasteiger partial charge in [0.15, 0.2) is 50.0 Å². The first-order valence-electron chi connectivity index (χ1n) is 50.3. The molecule has 3 aliphatic heterocycles. The lowest BCUT2D eigenvalue weighted by atomic mass is 9.93. The number of aliphatic hydroxyl groups excluding tert-OH is 3. The van der Waals surface area contributed by atoms with Gasteiger partial charge in [-0.05, 0) is 227 Å². The van der Waals surface area contributed by atoms with Gasteiger partial charge in [0.1, 0.15) is 5.82 Å². The van der Waals surface area contributed by atoms with Gasteiger partial charge >= 0.3 is 5.97 Å². The molecule has 39 heteroatoms. The number of fused-ring (bicyclic) bond motifs is 4. The minimum Gasteiger partial charge on any atom is -0.463 e. The number of carbonyl (C=O) groups excluding carboxylic acids is 7. The Morgan fingerprint density at radius 1 is 0.427 bits per heavy atom. The molecule has 12 N–H and O–H groups in total. The number of nitrogens with one attached hydrogen (secondary N) is 3. The van der Waals surface area contributed by atoms with E-state index in [4.69, 9.17) is 31.3 Å². The van der Waals surface area contributed by atoms with Crippen molar-refractivity contribution in [1.29, 1.82) is 0 Å². The second-order valence-corrected chi connectivity index (χ2v) is 41.0. The van der Waals surface area contributed by atoms with E-state index in [1.807, 2.05) is 150 Å². The number of amides is 6. The lowest BCUT2D eigenvalue weighted by Crippen LogP contribution is -2.46. The Bertz CT molecular complexity index is 6960. The monoisotopic (exact) mass is 2130 g/mol. The fourth-order valence-corrected chi connectivity index (χ4v) is 21.5. The van der Waals surface area contributed by atoms with Crippen molar-refractivity contribution in [3.05, 3.63) is 307 Å². The zero-order chi connectivity index (χ0) is 105. The predicted octanol–water partition coefficient (Wildman–Crippen LogP) is 15.9. The van der Waals surface area contributed by atoms with Crippen molar-refractivity contribution in [3.63, 3.8) is 0 Å². The summed E-state index contributed by atoms with van der Waals surface area (Å²) < 4.78 is 80.4. The first-order chi connectivity index (χ1) is 71.1. The van der Waals surface area contributed by atoms with Crippen LogP contribution in [0, 0.1) is 26.6 Å². The van der Waals surface area contributed by atoms with Crippen LogP contribution in [0.2, 0.25) is 5.02 Å². The van der Waals surface area contributed by atoms with E-state index < -0.39 is 62.9 Å². The molecule has 150 heavy (non-hydrogen) atoms. The molecule has 0 bridgehead atoms. The predicted molar refractivity (Wildman–Crippen MR) is 580 cm³/mol. The number of aliphatic hydroxyl groups is 3. The van der Waals surface area contributed by atoms with Gasteiger partial charge in [-0.15, -0.1) is 0 Å². The Kier molecular flexibility index (Phi) is 42.5. The van der Waals surface area contributed by atoms with Crippen molar-refractivity contribution in [3.8, 4) is 17.1 Å². The van der Waals surface area contributed by atoms with E-state index in [-0.39, 0.29) is 128 Å². The number of esters is 1. The van der Waals surface area contributed by atoms with Gasteiger partial charge in [0, 0.05) is 117 Å². The zero-order valence-corrected chi connectivity index (χ0v) is 89.7. The van der Waals surface area contributed by atoms with Gasteiger partial charge in [-0.1, -0.05) is 177 Å². The zero-order valence-electron chi connectivity index (χ0n) is 86.5. The number of anilines is 3. The van der Waals surface area contributed by atoms with Crippen LogP contribution in [-0.2, 0) is 83.6 Å². The van der Waals surface area contributed by atoms with Crippen molar-refractivity contribution in [1.82, 2.24) is 63.3 Å². The van der Waals surface area contributed by atoms with Crippen LogP contribution in [0.15, 0.2) is 226 Å². The molecule has 6 amide bonds. The van der Waals surface area contributed by atoms with E-state index in [1.54, 1.807) is 102 Å². The minimum absolute atomic E-state index is 0. The number of hydrogen-bond acceptors (Lipinski definition) is 18. The second-order valence-electron chi connectivity index (χ2n) is 37.1. The summed E-state index contributed by atoms with van der Waals surface area (Å²) >= 11 is 6.04. The molecule has 8 aromatic carbocycles. The molecule has 13 aromatic rings.